The Hall–Kier alpha value is -1.12. The molecule has 0 aromatic heterocycles. The molecule has 0 heterocycles. The van der Waals surface area contributed by atoms with Gasteiger partial charge in [0.2, 0.25) is 0 Å². The minimum absolute atomic E-state index is 0.0754. The zero-order chi connectivity index (χ0) is 18.9. The maximum atomic E-state index is 11.5. The lowest BCUT2D eigenvalue weighted by Crippen LogP contribution is -2.25. The van der Waals surface area contributed by atoms with E-state index in [1.807, 2.05) is 0 Å². The van der Waals surface area contributed by atoms with E-state index < -0.39 is 12.1 Å². The van der Waals surface area contributed by atoms with Crippen molar-refractivity contribution in [3.63, 3.8) is 0 Å². The molecule has 0 spiro atoms. The van der Waals surface area contributed by atoms with Crippen LogP contribution in [0.3, 0.4) is 0 Å². The summed E-state index contributed by atoms with van der Waals surface area (Å²) in [4.78, 5) is 23.1. The van der Waals surface area contributed by atoms with Crippen LogP contribution in [0, 0.1) is 0 Å². The predicted molar refractivity (Wildman–Crippen MR) is 106 cm³/mol. The van der Waals surface area contributed by atoms with E-state index in [0.717, 1.165) is 12.8 Å². The van der Waals surface area contributed by atoms with E-state index in [2.05, 4.69) is 13.5 Å². The van der Waals surface area contributed by atoms with Gasteiger partial charge in [-0.15, -0.1) is 0 Å². The highest BCUT2D eigenvalue weighted by atomic mass is 16.5. The Bertz CT molecular complexity index is 373. The van der Waals surface area contributed by atoms with Crippen LogP contribution in [0.2, 0.25) is 0 Å². The molecular formula is C22H40O3. The lowest BCUT2D eigenvalue weighted by molar-refractivity contribution is -0.151. The molecule has 0 bridgehead atoms. The summed E-state index contributed by atoms with van der Waals surface area (Å²) in [5.41, 5.74) is 0.344. The first-order valence-corrected chi connectivity index (χ1v) is 10.4. The van der Waals surface area contributed by atoms with Gasteiger partial charge in [-0.05, 0) is 26.7 Å². The molecule has 0 saturated carbocycles. The van der Waals surface area contributed by atoms with Gasteiger partial charge in [0.1, 0.15) is 0 Å². The van der Waals surface area contributed by atoms with Gasteiger partial charge in [0, 0.05) is 5.57 Å². The second-order valence-corrected chi connectivity index (χ2v) is 7.32. The topological polar surface area (TPSA) is 43.4 Å². The zero-order valence-corrected chi connectivity index (χ0v) is 16.9. The van der Waals surface area contributed by atoms with E-state index in [-0.39, 0.29) is 5.78 Å². The second kappa shape index (κ2) is 16.4. The third-order valence-electron chi connectivity index (χ3n) is 4.62. The van der Waals surface area contributed by atoms with Gasteiger partial charge >= 0.3 is 5.97 Å². The molecule has 0 radical (unpaired) electrons. The summed E-state index contributed by atoms with van der Waals surface area (Å²) in [6.45, 7) is 8.90. The Kier molecular flexibility index (Phi) is 15.6. The summed E-state index contributed by atoms with van der Waals surface area (Å²) < 4.78 is 5.19. The Morgan fingerprint density at radius 3 is 1.52 bits per heavy atom. The van der Waals surface area contributed by atoms with E-state index >= 15 is 0 Å². The number of rotatable bonds is 17. The molecule has 25 heavy (non-hydrogen) atoms. The zero-order valence-electron chi connectivity index (χ0n) is 16.9. The number of carbonyl (C=O) groups is 2. The lowest BCUT2D eigenvalue weighted by atomic mass is 10.0. The number of esters is 1. The van der Waals surface area contributed by atoms with E-state index in [0.29, 0.717) is 12.0 Å². The number of ketones is 1. The van der Waals surface area contributed by atoms with Gasteiger partial charge in [-0.1, -0.05) is 90.6 Å². The molecule has 1 atom stereocenters. The van der Waals surface area contributed by atoms with E-state index in [9.17, 15) is 9.59 Å². The SMILES string of the molecule is C=C(C)C(=O)OC(CCCCCCCCCCCCCCC)C(C)=O. The number of ether oxygens (including phenoxy) is 1. The number of unbranched alkanes of at least 4 members (excludes halogenated alkanes) is 12. The third-order valence-corrected chi connectivity index (χ3v) is 4.62. The molecule has 0 saturated heterocycles. The quantitative estimate of drug-likeness (QED) is 0.169. The maximum Gasteiger partial charge on any atom is 0.333 e. The van der Waals surface area contributed by atoms with Crippen LogP contribution >= 0.6 is 0 Å². The van der Waals surface area contributed by atoms with Crippen molar-refractivity contribution < 1.29 is 14.3 Å². The van der Waals surface area contributed by atoms with Gasteiger partial charge in [-0.2, -0.15) is 0 Å². The molecule has 0 aromatic rings. The Labute approximate surface area is 155 Å². The molecule has 0 aliphatic heterocycles. The third kappa shape index (κ3) is 14.9. The molecule has 0 rings (SSSR count). The Morgan fingerprint density at radius 1 is 0.760 bits per heavy atom. The van der Waals surface area contributed by atoms with Crippen LogP contribution in [0.5, 0.6) is 0 Å². The van der Waals surface area contributed by atoms with Crippen LogP contribution in [-0.2, 0) is 14.3 Å². The van der Waals surface area contributed by atoms with Crippen LogP contribution in [0.1, 0.15) is 111 Å². The largest absolute Gasteiger partial charge is 0.451 e. The standard InChI is InChI=1S/C22H40O3/c1-5-6-7-8-9-10-11-12-13-14-15-16-17-18-21(20(4)23)25-22(24)19(2)3/h21H,2,5-18H2,1,3-4H3. The van der Waals surface area contributed by atoms with Gasteiger partial charge in [0.05, 0.1) is 0 Å². The van der Waals surface area contributed by atoms with Crippen molar-refractivity contribution in [3.05, 3.63) is 12.2 Å². The van der Waals surface area contributed by atoms with E-state index in [1.165, 1.54) is 77.6 Å². The highest BCUT2D eigenvalue weighted by Crippen LogP contribution is 2.14. The van der Waals surface area contributed by atoms with Gasteiger partial charge in [-0.3, -0.25) is 4.79 Å². The summed E-state index contributed by atoms with van der Waals surface area (Å²) in [5, 5.41) is 0. The Balaban J connectivity index is 3.50. The van der Waals surface area contributed by atoms with Crippen LogP contribution < -0.4 is 0 Å². The minimum Gasteiger partial charge on any atom is -0.451 e. The van der Waals surface area contributed by atoms with Crippen molar-refractivity contribution >= 4 is 11.8 Å². The summed E-state index contributed by atoms with van der Waals surface area (Å²) in [7, 11) is 0. The number of hydrogen-bond acceptors (Lipinski definition) is 3. The summed E-state index contributed by atoms with van der Waals surface area (Å²) in [5.74, 6) is -0.538. The molecule has 0 N–H and O–H groups in total. The molecule has 1 unspecified atom stereocenters. The molecule has 0 aliphatic carbocycles. The molecule has 0 aromatic carbocycles. The fourth-order valence-electron chi connectivity index (χ4n) is 2.92. The molecule has 3 nitrogen and oxygen atoms in total. The molecule has 0 amide bonds. The minimum atomic E-state index is -0.600. The summed E-state index contributed by atoms with van der Waals surface area (Å²) in [6, 6.07) is 0. The first-order chi connectivity index (χ1) is 12.0. The number of hydrogen-bond donors (Lipinski definition) is 0. The van der Waals surface area contributed by atoms with Crippen molar-refractivity contribution in [1.29, 1.82) is 0 Å². The van der Waals surface area contributed by atoms with Crippen molar-refractivity contribution in [1.82, 2.24) is 0 Å². The van der Waals surface area contributed by atoms with Crippen molar-refractivity contribution in [2.45, 2.75) is 117 Å². The first-order valence-electron chi connectivity index (χ1n) is 10.4. The number of Topliss-reactive ketones (excluding diaryl/α,β-unsaturated/α-hetero) is 1. The highest BCUT2D eigenvalue weighted by Gasteiger charge is 2.18. The van der Waals surface area contributed by atoms with Crippen LogP contribution in [0.25, 0.3) is 0 Å². The van der Waals surface area contributed by atoms with Gasteiger partial charge in [0.25, 0.3) is 0 Å². The molecular weight excluding hydrogens is 312 g/mol. The van der Waals surface area contributed by atoms with Gasteiger partial charge in [0.15, 0.2) is 11.9 Å². The normalized spacial score (nSPS) is 12.0. The average molecular weight is 353 g/mol. The van der Waals surface area contributed by atoms with Crippen LogP contribution in [0.4, 0.5) is 0 Å². The fourth-order valence-corrected chi connectivity index (χ4v) is 2.92. The summed E-state index contributed by atoms with van der Waals surface area (Å²) >= 11 is 0. The smallest absolute Gasteiger partial charge is 0.333 e. The fraction of sp³-hybridized carbons (Fsp3) is 0.818. The first kappa shape index (κ1) is 23.9. The lowest BCUT2D eigenvalue weighted by Gasteiger charge is -2.15. The van der Waals surface area contributed by atoms with Crippen LogP contribution in [-0.4, -0.2) is 17.9 Å². The van der Waals surface area contributed by atoms with Gasteiger partial charge < -0.3 is 4.74 Å². The molecule has 146 valence electrons. The highest BCUT2D eigenvalue weighted by molar-refractivity contribution is 5.90. The van der Waals surface area contributed by atoms with Crippen molar-refractivity contribution in [2.24, 2.45) is 0 Å². The molecule has 0 aliphatic rings. The van der Waals surface area contributed by atoms with Crippen LogP contribution in [0.15, 0.2) is 12.2 Å². The summed E-state index contributed by atoms with van der Waals surface area (Å²) in [6.07, 6.45) is 16.9. The second-order valence-electron chi connectivity index (χ2n) is 7.32. The van der Waals surface area contributed by atoms with E-state index in [1.54, 1.807) is 6.92 Å². The van der Waals surface area contributed by atoms with Crippen molar-refractivity contribution in [3.8, 4) is 0 Å². The Morgan fingerprint density at radius 2 is 1.16 bits per heavy atom. The predicted octanol–water partition coefficient (Wildman–Crippen LogP) is 6.54. The van der Waals surface area contributed by atoms with Crippen molar-refractivity contribution in [2.75, 3.05) is 0 Å². The average Bonchev–Trinajstić information content (AvgIpc) is 2.57. The molecule has 3 heteroatoms. The van der Waals surface area contributed by atoms with Gasteiger partial charge in [-0.25, -0.2) is 4.79 Å². The number of carbonyl (C=O) groups excluding carboxylic acids is 2. The monoisotopic (exact) mass is 352 g/mol. The maximum absolute atomic E-state index is 11.5. The molecule has 0 fully saturated rings. The van der Waals surface area contributed by atoms with E-state index in [4.69, 9.17) is 4.74 Å².